The van der Waals surface area contributed by atoms with E-state index >= 15 is 0 Å². The predicted molar refractivity (Wildman–Crippen MR) is 96.0 cm³/mol. The molecule has 0 aliphatic carbocycles. The summed E-state index contributed by atoms with van der Waals surface area (Å²) in [6, 6.07) is 4.09. The van der Waals surface area contributed by atoms with Crippen LogP contribution >= 0.6 is 0 Å². The molecule has 29 heavy (non-hydrogen) atoms. The van der Waals surface area contributed by atoms with Gasteiger partial charge in [-0.2, -0.15) is 18.3 Å². The van der Waals surface area contributed by atoms with Crippen molar-refractivity contribution in [2.24, 2.45) is 0 Å². The van der Waals surface area contributed by atoms with Gasteiger partial charge in [-0.05, 0) is 30.5 Å². The van der Waals surface area contributed by atoms with Crippen molar-refractivity contribution < 1.29 is 27.4 Å². The molecular weight excluding hydrogens is 389 g/mol. The number of alkyl halides is 3. The zero-order chi connectivity index (χ0) is 20.2. The number of carbonyl (C=O) groups excluding carboxylic acids is 1. The van der Waals surface area contributed by atoms with Crippen molar-refractivity contribution in [2.45, 2.75) is 37.5 Å². The first-order chi connectivity index (χ1) is 13.9. The van der Waals surface area contributed by atoms with Gasteiger partial charge in [0, 0.05) is 25.6 Å². The molecule has 0 radical (unpaired) electrons. The van der Waals surface area contributed by atoms with Crippen molar-refractivity contribution in [2.75, 3.05) is 25.2 Å². The quantitative estimate of drug-likeness (QED) is 0.824. The van der Waals surface area contributed by atoms with Gasteiger partial charge >= 0.3 is 6.18 Å². The molecule has 1 amide bonds. The fourth-order valence-electron chi connectivity index (χ4n) is 4.11. The number of ether oxygens (including phenoxy) is 2. The molecule has 4 heterocycles. The molecule has 1 N–H and O–H groups in total. The van der Waals surface area contributed by atoms with Crippen LogP contribution < -0.4 is 14.8 Å². The summed E-state index contributed by atoms with van der Waals surface area (Å²) in [7, 11) is 0. The Morgan fingerprint density at radius 3 is 2.66 bits per heavy atom. The highest BCUT2D eigenvalue weighted by molar-refractivity contribution is 5.93. The molecule has 0 spiro atoms. The monoisotopic (exact) mass is 408 g/mol. The zero-order valence-corrected chi connectivity index (χ0v) is 15.4. The van der Waals surface area contributed by atoms with Gasteiger partial charge in [0.2, 0.25) is 6.79 Å². The largest absolute Gasteiger partial charge is 0.454 e. The second kappa shape index (κ2) is 6.57. The number of fused-ring (bicyclic) bond motifs is 2. The van der Waals surface area contributed by atoms with E-state index < -0.39 is 18.3 Å². The first-order valence-corrected chi connectivity index (χ1v) is 9.52. The molecule has 1 aromatic carbocycles. The molecule has 0 unspecified atom stereocenters. The summed E-state index contributed by atoms with van der Waals surface area (Å²) in [6.07, 6.45) is -2.94. The number of nitrogens with one attached hydrogen (secondary N) is 1. The number of amides is 1. The summed E-state index contributed by atoms with van der Waals surface area (Å²) in [4.78, 5) is 14.2. The minimum atomic E-state index is -4.49. The molecule has 1 saturated heterocycles. The highest BCUT2D eigenvalue weighted by atomic mass is 19.4. The Kier molecular flexibility index (Phi) is 4.11. The van der Waals surface area contributed by atoms with E-state index in [2.05, 4.69) is 10.4 Å². The van der Waals surface area contributed by atoms with Crippen LogP contribution in [0.15, 0.2) is 24.3 Å². The van der Waals surface area contributed by atoms with E-state index in [4.69, 9.17) is 9.47 Å². The minimum absolute atomic E-state index is 0.0370. The second-order valence-electron chi connectivity index (χ2n) is 7.46. The summed E-state index contributed by atoms with van der Waals surface area (Å²) >= 11 is 0. The SMILES string of the molecule is O=C(c1cc2n(n1)[C@H](C(F)(F)F)C[C@H](c1ccc3c(c1)OCO3)N2)N1CCCC1. The zero-order valence-electron chi connectivity index (χ0n) is 15.4. The summed E-state index contributed by atoms with van der Waals surface area (Å²) in [5, 5.41) is 7.13. The number of hydrogen-bond acceptors (Lipinski definition) is 5. The van der Waals surface area contributed by atoms with E-state index in [0.717, 1.165) is 17.5 Å². The lowest BCUT2D eigenvalue weighted by Gasteiger charge is -2.33. The molecule has 3 aliphatic rings. The molecule has 10 heteroatoms. The highest BCUT2D eigenvalue weighted by Crippen LogP contribution is 2.45. The number of carbonyl (C=O) groups is 1. The van der Waals surface area contributed by atoms with Gasteiger partial charge in [-0.15, -0.1) is 0 Å². The number of anilines is 1. The van der Waals surface area contributed by atoms with E-state index in [1.54, 1.807) is 23.1 Å². The van der Waals surface area contributed by atoms with Gasteiger partial charge < -0.3 is 19.7 Å². The number of aromatic nitrogens is 2. The molecule has 1 aromatic heterocycles. The smallest absolute Gasteiger partial charge is 0.410 e. The Balaban J connectivity index is 1.48. The van der Waals surface area contributed by atoms with Crippen molar-refractivity contribution in [1.82, 2.24) is 14.7 Å². The average Bonchev–Trinajstić information content (AvgIpc) is 3.45. The lowest BCUT2D eigenvalue weighted by atomic mass is 9.96. The van der Waals surface area contributed by atoms with Gasteiger partial charge in [-0.1, -0.05) is 6.07 Å². The minimum Gasteiger partial charge on any atom is -0.454 e. The molecule has 7 nitrogen and oxygen atoms in total. The van der Waals surface area contributed by atoms with Crippen molar-refractivity contribution in [3.8, 4) is 11.5 Å². The Hall–Kier alpha value is -2.91. The molecular formula is C19H19F3N4O3. The first-order valence-electron chi connectivity index (χ1n) is 9.52. The van der Waals surface area contributed by atoms with Crippen molar-refractivity contribution in [1.29, 1.82) is 0 Å². The third-order valence-corrected chi connectivity index (χ3v) is 5.60. The van der Waals surface area contributed by atoms with E-state index in [1.165, 1.54) is 6.07 Å². The average molecular weight is 408 g/mol. The van der Waals surface area contributed by atoms with Gasteiger partial charge in [0.05, 0.1) is 6.04 Å². The second-order valence-corrected chi connectivity index (χ2v) is 7.46. The van der Waals surface area contributed by atoms with Crippen LogP contribution in [0.2, 0.25) is 0 Å². The van der Waals surface area contributed by atoms with E-state index in [1.807, 2.05) is 0 Å². The number of halogens is 3. The van der Waals surface area contributed by atoms with Crippen LogP contribution in [0.3, 0.4) is 0 Å². The molecule has 0 bridgehead atoms. The van der Waals surface area contributed by atoms with E-state index in [-0.39, 0.29) is 30.6 Å². The number of likely N-dealkylation sites (tertiary alicyclic amines) is 1. The van der Waals surface area contributed by atoms with Crippen molar-refractivity contribution in [3.05, 3.63) is 35.5 Å². The van der Waals surface area contributed by atoms with Crippen LogP contribution in [0.4, 0.5) is 19.0 Å². The van der Waals surface area contributed by atoms with Crippen LogP contribution in [0.1, 0.15) is 47.4 Å². The molecule has 3 aliphatic heterocycles. The van der Waals surface area contributed by atoms with Gasteiger partial charge in [-0.3, -0.25) is 4.79 Å². The van der Waals surface area contributed by atoms with Crippen LogP contribution in [-0.2, 0) is 0 Å². The number of rotatable bonds is 2. The summed E-state index contributed by atoms with van der Waals surface area (Å²) < 4.78 is 52.9. The fraction of sp³-hybridized carbons (Fsp3) is 0.474. The lowest BCUT2D eigenvalue weighted by Crippen LogP contribution is -2.36. The fourth-order valence-corrected chi connectivity index (χ4v) is 4.11. The van der Waals surface area contributed by atoms with E-state index in [9.17, 15) is 18.0 Å². The third kappa shape index (κ3) is 3.16. The normalized spacial score (nSPS) is 23.1. The summed E-state index contributed by atoms with van der Waals surface area (Å²) in [5.74, 6) is 0.938. The molecule has 2 aromatic rings. The number of nitrogens with zero attached hydrogens (tertiary/aromatic N) is 3. The number of benzene rings is 1. The Morgan fingerprint density at radius 2 is 1.90 bits per heavy atom. The predicted octanol–water partition coefficient (Wildman–Crippen LogP) is 3.51. The van der Waals surface area contributed by atoms with Gasteiger partial charge in [0.15, 0.2) is 23.2 Å². The Bertz CT molecular complexity index is 953. The Labute approximate surface area is 164 Å². The molecule has 0 saturated carbocycles. The van der Waals surface area contributed by atoms with Crippen LogP contribution in [-0.4, -0.2) is 46.6 Å². The maximum Gasteiger partial charge on any atom is 0.410 e. The molecule has 1 fully saturated rings. The summed E-state index contributed by atoms with van der Waals surface area (Å²) in [6.45, 7) is 1.31. The van der Waals surface area contributed by atoms with Gasteiger partial charge in [0.25, 0.3) is 5.91 Å². The van der Waals surface area contributed by atoms with Gasteiger partial charge in [-0.25, -0.2) is 4.68 Å². The molecule has 2 atom stereocenters. The van der Waals surface area contributed by atoms with Crippen LogP contribution in [0.25, 0.3) is 0 Å². The van der Waals surface area contributed by atoms with Crippen molar-refractivity contribution >= 4 is 11.7 Å². The first kappa shape index (κ1) is 18.1. The third-order valence-electron chi connectivity index (χ3n) is 5.60. The lowest BCUT2D eigenvalue weighted by molar-refractivity contribution is -0.173. The van der Waals surface area contributed by atoms with Crippen LogP contribution in [0, 0.1) is 0 Å². The molecule has 154 valence electrons. The summed E-state index contributed by atoms with van der Waals surface area (Å²) in [5.41, 5.74) is 0.693. The topological polar surface area (TPSA) is 68.6 Å². The standard InChI is InChI=1S/C19H19F3N4O3/c20-19(21,22)16-8-12(11-3-4-14-15(7-11)29-10-28-14)23-17-9-13(24-26(16)17)18(27)25-5-1-2-6-25/h3-4,7,9,12,16,23H,1-2,5-6,8,10H2/t12-,16+/m1/s1. The maximum atomic E-state index is 13.8. The van der Waals surface area contributed by atoms with Crippen molar-refractivity contribution in [3.63, 3.8) is 0 Å². The van der Waals surface area contributed by atoms with E-state index in [0.29, 0.717) is 30.2 Å². The highest BCUT2D eigenvalue weighted by Gasteiger charge is 2.47. The Morgan fingerprint density at radius 1 is 1.14 bits per heavy atom. The van der Waals surface area contributed by atoms with Gasteiger partial charge in [0.1, 0.15) is 5.82 Å². The molecule has 5 rings (SSSR count). The number of hydrogen-bond donors (Lipinski definition) is 1. The van der Waals surface area contributed by atoms with Crippen LogP contribution in [0.5, 0.6) is 11.5 Å². The maximum absolute atomic E-state index is 13.8.